The Labute approximate surface area is 180 Å². The van der Waals surface area contributed by atoms with Crippen LogP contribution in [0.2, 0.25) is 0 Å². The van der Waals surface area contributed by atoms with Crippen LogP contribution in [0.25, 0.3) is 0 Å². The number of fused-ring (bicyclic) bond motifs is 1. The van der Waals surface area contributed by atoms with E-state index in [0.717, 1.165) is 17.2 Å². The highest BCUT2D eigenvalue weighted by Crippen LogP contribution is 2.25. The standard InChI is InChI=1S/C23H21FN2O4S/c1-15-5-7-19(24)13-22(15)31(29,30)25-20-4-2-3-17(11-20)23(28)26-10-9-16-6-8-21(27)12-18(16)14-26/h2-8,11-13,25,27H,9-10,14H2,1H3. The lowest BCUT2D eigenvalue weighted by molar-refractivity contribution is 0.0734. The van der Waals surface area contributed by atoms with Gasteiger partial charge in [-0.1, -0.05) is 18.2 Å². The first-order chi connectivity index (χ1) is 14.7. The van der Waals surface area contributed by atoms with E-state index < -0.39 is 15.8 Å². The van der Waals surface area contributed by atoms with Gasteiger partial charge in [0.1, 0.15) is 11.6 Å². The van der Waals surface area contributed by atoms with Crippen LogP contribution in [-0.4, -0.2) is 30.9 Å². The van der Waals surface area contributed by atoms with Gasteiger partial charge in [-0.15, -0.1) is 0 Å². The number of aromatic hydroxyl groups is 1. The Morgan fingerprint density at radius 1 is 1.06 bits per heavy atom. The highest BCUT2D eigenvalue weighted by atomic mass is 32.2. The van der Waals surface area contributed by atoms with E-state index in [-0.39, 0.29) is 22.2 Å². The van der Waals surface area contributed by atoms with E-state index >= 15 is 0 Å². The molecule has 0 radical (unpaired) electrons. The maximum Gasteiger partial charge on any atom is 0.262 e. The number of aryl methyl sites for hydroxylation is 1. The van der Waals surface area contributed by atoms with Crippen LogP contribution in [0, 0.1) is 12.7 Å². The van der Waals surface area contributed by atoms with E-state index in [1.54, 1.807) is 36.1 Å². The van der Waals surface area contributed by atoms with Crippen LogP contribution in [0.15, 0.2) is 65.6 Å². The van der Waals surface area contributed by atoms with Crippen LogP contribution < -0.4 is 4.72 Å². The fourth-order valence-corrected chi connectivity index (χ4v) is 5.00. The first kappa shape index (κ1) is 20.9. The molecule has 31 heavy (non-hydrogen) atoms. The van der Waals surface area contributed by atoms with E-state index in [4.69, 9.17) is 0 Å². The molecule has 0 fully saturated rings. The van der Waals surface area contributed by atoms with Crippen LogP contribution in [0.1, 0.15) is 27.0 Å². The maximum absolute atomic E-state index is 13.6. The van der Waals surface area contributed by atoms with Gasteiger partial charge in [0.25, 0.3) is 15.9 Å². The summed E-state index contributed by atoms with van der Waals surface area (Å²) in [5.41, 5.74) is 2.94. The summed E-state index contributed by atoms with van der Waals surface area (Å²) in [5, 5.41) is 9.71. The van der Waals surface area contributed by atoms with Gasteiger partial charge < -0.3 is 10.0 Å². The Bertz CT molecular complexity index is 1270. The van der Waals surface area contributed by atoms with Gasteiger partial charge in [0.15, 0.2) is 0 Å². The van der Waals surface area contributed by atoms with Crippen molar-refractivity contribution in [1.82, 2.24) is 4.90 Å². The molecule has 0 atom stereocenters. The van der Waals surface area contributed by atoms with Gasteiger partial charge in [-0.3, -0.25) is 9.52 Å². The number of nitrogens with zero attached hydrogens (tertiary/aromatic N) is 1. The minimum Gasteiger partial charge on any atom is -0.508 e. The predicted molar refractivity (Wildman–Crippen MR) is 115 cm³/mol. The molecule has 8 heteroatoms. The van der Waals surface area contributed by atoms with Crippen molar-refractivity contribution in [1.29, 1.82) is 0 Å². The number of phenols is 1. The number of nitrogens with one attached hydrogen (secondary N) is 1. The van der Waals surface area contributed by atoms with Crippen molar-refractivity contribution in [3.63, 3.8) is 0 Å². The van der Waals surface area contributed by atoms with Crippen molar-refractivity contribution >= 4 is 21.6 Å². The van der Waals surface area contributed by atoms with Gasteiger partial charge in [-0.05, 0) is 72.5 Å². The highest BCUT2D eigenvalue weighted by molar-refractivity contribution is 7.92. The Balaban J connectivity index is 1.56. The molecule has 2 N–H and O–H groups in total. The lowest BCUT2D eigenvalue weighted by Crippen LogP contribution is -2.35. The average molecular weight is 440 g/mol. The largest absolute Gasteiger partial charge is 0.508 e. The molecule has 3 aromatic carbocycles. The summed E-state index contributed by atoms with van der Waals surface area (Å²) < 4.78 is 41.4. The number of carbonyl (C=O) groups excluding carboxylic acids is 1. The maximum atomic E-state index is 13.6. The molecule has 6 nitrogen and oxygen atoms in total. The van der Waals surface area contributed by atoms with Crippen LogP contribution in [0.3, 0.4) is 0 Å². The molecule has 0 unspecified atom stereocenters. The summed E-state index contributed by atoms with van der Waals surface area (Å²) in [7, 11) is -4.02. The van der Waals surface area contributed by atoms with Gasteiger partial charge in [0.05, 0.1) is 4.90 Å². The summed E-state index contributed by atoms with van der Waals surface area (Å²) in [6.07, 6.45) is 0.673. The van der Waals surface area contributed by atoms with Gasteiger partial charge in [-0.25, -0.2) is 12.8 Å². The quantitative estimate of drug-likeness (QED) is 0.645. The zero-order valence-corrected chi connectivity index (χ0v) is 17.6. The molecule has 0 aromatic heterocycles. The van der Waals surface area contributed by atoms with Crippen LogP contribution >= 0.6 is 0 Å². The fourth-order valence-electron chi connectivity index (χ4n) is 3.69. The third kappa shape index (κ3) is 4.39. The lowest BCUT2D eigenvalue weighted by atomic mass is 9.99. The van der Waals surface area contributed by atoms with E-state index in [0.29, 0.717) is 30.6 Å². The van der Waals surface area contributed by atoms with E-state index in [2.05, 4.69) is 4.72 Å². The van der Waals surface area contributed by atoms with Crippen molar-refractivity contribution in [2.75, 3.05) is 11.3 Å². The van der Waals surface area contributed by atoms with E-state index in [1.807, 2.05) is 6.07 Å². The number of hydrogen-bond acceptors (Lipinski definition) is 4. The molecule has 4 rings (SSSR count). The Morgan fingerprint density at radius 2 is 1.87 bits per heavy atom. The molecule has 1 aliphatic heterocycles. The number of carbonyl (C=O) groups is 1. The van der Waals surface area contributed by atoms with Crippen molar-refractivity contribution in [3.8, 4) is 5.75 Å². The third-order valence-electron chi connectivity index (χ3n) is 5.29. The minimum absolute atomic E-state index is 0.150. The number of sulfonamides is 1. The number of benzene rings is 3. The number of anilines is 1. The monoisotopic (exact) mass is 440 g/mol. The first-order valence-corrected chi connectivity index (χ1v) is 11.2. The molecular formula is C23H21FN2O4S. The highest BCUT2D eigenvalue weighted by Gasteiger charge is 2.23. The van der Waals surface area contributed by atoms with Crippen LogP contribution in [-0.2, 0) is 23.0 Å². The smallest absolute Gasteiger partial charge is 0.262 e. The zero-order valence-electron chi connectivity index (χ0n) is 16.8. The second-order valence-electron chi connectivity index (χ2n) is 7.53. The van der Waals surface area contributed by atoms with E-state index in [1.165, 1.54) is 24.3 Å². The molecule has 3 aromatic rings. The third-order valence-corrected chi connectivity index (χ3v) is 6.81. The topological polar surface area (TPSA) is 86.7 Å². The van der Waals surface area contributed by atoms with Crippen molar-refractivity contribution in [2.45, 2.75) is 24.8 Å². The molecule has 1 aliphatic rings. The van der Waals surface area contributed by atoms with Gasteiger partial charge in [-0.2, -0.15) is 0 Å². The van der Waals surface area contributed by atoms with Crippen LogP contribution in [0.4, 0.5) is 10.1 Å². The summed E-state index contributed by atoms with van der Waals surface area (Å²) in [6, 6.07) is 14.9. The average Bonchev–Trinajstić information content (AvgIpc) is 2.74. The number of hydrogen-bond donors (Lipinski definition) is 2. The number of rotatable bonds is 4. The second kappa shape index (κ2) is 8.03. The van der Waals surface area contributed by atoms with Gasteiger partial charge in [0, 0.05) is 24.3 Å². The number of halogens is 1. The zero-order chi connectivity index (χ0) is 22.2. The SMILES string of the molecule is Cc1ccc(F)cc1S(=O)(=O)Nc1cccc(C(=O)N2CCc3ccc(O)cc3C2)c1. The Kier molecular flexibility index (Phi) is 5.41. The predicted octanol–water partition coefficient (Wildman–Crippen LogP) is 3.84. The Morgan fingerprint density at radius 3 is 2.68 bits per heavy atom. The molecule has 160 valence electrons. The molecule has 1 amide bonds. The lowest BCUT2D eigenvalue weighted by Gasteiger charge is -2.29. The summed E-state index contributed by atoms with van der Waals surface area (Å²) in [5.74, 6) is -0.736. The Hall–Kier alpha value is -3.39. The molecular weight excluding hydrogens is 419 g/mol. The molecule has 0 aliphatic carbocycles. The van der Waals surface area contributed by atoms with Gasteiger partial charge in [0.2, 0.25) is 0 Å². The molecule has 0 saturated heterocycles. The molecule has 1 heterocycles. The van der Waals surface area contributed by atoms with Gasteiger partial charge >= 0.3 is 0 Å². The molecule has 0 bridgehead atoms. The summed E-state index contributed by atoms with van der Waals surface area (Å²) in [6.45, 7) is 2.47. The number of amides is 1. The minimum atomic E-state index is -4.02. The van der Waals surface area contributed by atoms with Crippen LogP contribution in [0.5, 0.6) is 5.75 Å². The van der Waals surface area contributed by atoms with Crippen molar-refractivity contribution in [2.24, 2.45) is 0 Å². The first-order valence-electron chi connectivity index (χ1n) is 9.72. The summed E-state index contributed by atoms with van der Waals surface area (Å²) >= 11 is 0. The van der Waals surface area contributed by atoms with Crippen molar-refractivity contribution in [3.05, 3.63) is 88.7 Å². The summed E-state index contributed by atoms with van der Waals surface area (Å²) in [4.78, 5) is 14.5. The molecule has 0 spiro atoms. The van der Waals surface area contributed by atoms with E-state index in [9.17, 15) is 22.7 Å². The fraction of sp³-hybridized carbons (Fsp3) is 0.174. The normalized spacial score (nSPS) is 13.5. The second-order valence-corrected chi connectivity index (χ2v) is 9.18. The van der Waals surface area contributed by atoms with Crippen molar-refractivity contribution < 1.29 is 22.7 Å². The molecule has 0 saturated carbocycles. The number of phenolic OH excluding ortho intramolecular Hbond substituents is 1.